The van der Waals surface area contributed by atoms with Crippen molar-refractivity contribution >= 4 is 23.4 Å². The Kier molecular flexibility index (Phi) is 6.30. The molecular formula is C21H26N2O5. The molecule has 0 aliphatic heterocycles. The summed E-state index contributed by atoms with van der Waals surface area (Å²) in [5.74, 6) is -0.501. The van der Waals surface area contributed by atoms with E-state index in [-0.39, 0.29) is 5.75 Å². The summed E-state index contributed by atoms with van der Waals surface area (Å²) in [5.41, 5.74) is -1.36. The van der Waals surface area contributed by atoms with E-state index in [2.05, 4.69) is 5.32 Å². The summed E-state index contributed by atoms with van der Waals surface area (Å²) in [5, 5.41) is 22.0. The number of phenols is 1. The lowest BCUT2D eigenvalue weighted by molar-refractivity contribution is -0.125. The average Bonchev–Trinajstić information content (AvgIpc) is 2.62. The van der Waals surface area contributed by atoms with Gasteiger partial charge in [0, 0.05) is 11.4 Å². The topological polar surface area (TPSA) is 99.1 Å². The molecule has 7 heteroatoms. The highest BCUT2D eigenvalue weighted by Crippen LogP contribution is 2.29. The van der Waals surface area contributed by atoms with Crippen molar-refractivity contribution in [2.45, 2.75) is 38.8 Å². The monoisotopic (exact) mass is 386 g/mol. The molecule has 28 heavy (non-hydrogen) atoms. The standard InChI is InChI=1S/C21H26N2O5/c1-20(2,3)28-19(27)22-21(4,14-24)18(26)23(15-8-6-5-7-9-15)16-10-12-17(25)13-11-16/h5-13,24-25H,14H2,1-4H3,(H,22,27). The number of aromatic hydroxyl groups is 1. The fourth-order valence-corrected chi connectivity index (χ4v) is 2.50. The first-order valence-electron chi connectivity index (χ1n) is 8.86. The van der Waals surface area contributed by atoms with Crippen molar-refractivity contribution < 1.29 is 24.5 Å². The molecule has 150 valence electrons. The van der Waals surface area contributed by atoms with Crippen LogP contribution in [-0.2, 0) is 9.53 Å². The van der Waals surface area contributed by atoms with Crippen LogP contribution in [0.3, 0.4) is 0 Å². The van der Waals surface area contributed by atoms with E-state index < -0.39 is 29.7 Å². The number of ether oxygens (including phenoxy) is 1. The van der Waals surface area contributed by atoms with Gasteiger partial charge in [0.25, 0.3) is 5.91 Å². The number of nitrogens with zero attached hydrogens (tertiary/aromatic N) is 1. The highest BCUT2D eigenvalue weighted by molar-refractivity contribution is 6.07. The minimum atomic E-state index is -1.63. The molecule has 0 radical (unpaired) electrons. The number of nitrogens with one attached hydrogen (secondary N) is 1. The zero-order chi connectivity index (χ0) is 20.9. The molecule has 7 nitrogen and oxygen atoms in total. The van der Waals surface area contributed by atoms with E-state index in [1.807, 2.05) is 6.07 Å². The Morgan fingerprint density at radius 2 is 1.50 bits per heavy atom. The third-order valence-corrected chi connectivity index (χ3v) is 3.89. The van der Waals surface area contributed by atoms with E-state index >= 15 is 0 Å². The molecule has 0 spiro atoms. The summed E-state index contributed by atoms with van der Waals surface area (Å²) in [7, 11) is 0. The zero-order valence-electron chi connectivity index (χ0n) is 16.5. The van der Waals surface area contributed by atoms with Gasteiger partial charge in [0.1, 0.15) is 16.9 Å². The van der Waals surface area contributed by atoms with Crippen molar-refractivity contribution in [3.05, 3.63) is 54.6 Å². The highest BCUT2D eigenvalue weighted by Gasteiger charge is 2.40. The van der Waals surface area contributed by atoms with Gasteiger partial charge in [0.05, 0.1) is 6.61 Å². The Morgan fingerprint density at radius 3 is 2.00 bits per heavy atom. The van der Waals surface area contributed by atoms with Crippen molar-refractivity contribution in [3.63, 3.8) is 0 Å². The van der Waals surface area contributed by atoms with Crippen molar-refractivity contribution in [2.24, 2.45) is 0 Å². The van der Waals surface area contributed by atoms with Crippen LogP contribution < -0.4 is 10.2 Å². The Balaban J connectivity index is 2.41. The summed E-state index contributed by atoms with van der Waals surface area (Å²) in [4.78, 5) is 27.0. The smallest absolute Gasteiger partial charge is 0.408 e. The molecule has 0 heterocycles. The van der Waals surface area contributed by atoms with E-state index in [1.54, 1.807) is 57.2 Å². The van der Waals surface area contributed by atoms with Gasteiger partial charge in [-0.05, 0) is 64.1 Å². The van der Waals surface area contributed by atoms with Crippen LogP contribution in [0.5, 0.6) is 5.75 Å². The number of carbonyl (C=O) groups is 2. The molecule has 3 N–H and O–H groups in total. The molecule has 0 fully saturated rings. The number of carbonyl (C=O) groups excluding carboxylic acids is 2. The normalized spacial score (nSPS) is 13.3. The maximum atomic E-state index is 13.4. The van der Waals surface area contributed by atoms with E-state index in [4.69, 9.17) is 4.74 Å². The molecule has 0 aliphatic rings. The van der Waals surface area contributed by atoms with Crippen LogP contribution in [0.15, 0.2) is 54.6 Å². The van der Waals surface area contributed by atoms with E-state index in [1.165, 1.54) is 24.0 Å². The summed E-state index contributed by atoms with van der Waals surface area (Å²) >= 11 is 0. The van der Waals surface area contributed by atoms with Crippen LogP contribution in [-0.4, -0.2) is 40.0 Å². The first-order valence-corrected chi connectivity index (χ1v) is 8.86. The number of hydrogen-bond donors (Lipinski definition) is 3. The molecule has 2 rings (SSSR count). The molecule has 2 aromatic carbocycles. The lowest BCUT2D eigenvalue weighted by Crippen LogP contribution is -2.60. The van der Waals surface area contributed by atoms with E-state index in [0.717, 1.165) is 0 Å². The van der Waals surface area contributed by atoms with E-state index in [9.17, 15) is 19.8 Å². The molecule has 1 unspecified atom stereocenters. The molecule has 0 aromatic heterocycles. The van der Waals surface area contributed by atoms with Crippen LogP contribution in [0.25, 0.3) is 0 Å². The molecule has 2 aromatic rings. The predicted molar refractivity (Wildman–Crippen MR) is 107 cm³/mol. The highest BCUT2D eigenvalue weighted by atomic mass is 16.6. The summed E-state index contributed by atoms with van der Waals surface area (Å²) in [6.45, 7) is 5.91. The molecule has 0 saturated carbocycles. The van der Waals surface area contributed by atoms with Gasteiger partial charge >= 0.3 is 6.09 Å². The molecule has 1 atom stereocenters. The number of hydrogen-bond acceptors (Lipinski definition) is 5. The maximum Gasteiger partial charge on any atom is 0.408 e. The number of amides is 2. The molecule has 0 bridgehead atoms. The molecule has 0 saturated heterocycles. The summed E-state index contributed by atoms with van der Waals surface area (Å²) < 4.78 is 5.23. The van der Waals surface area contributed by atoms with Crippen LogP contribution >= 0.6 is 0 Å². The minimum Gasteiger partial charge on any atom is -0.508 e. The maximum absolute atomic E-state index is 13.4. The van der Waals surface area contributed by atoms with Gasteiger partial charge in [-0.3, -0.25) is 9.69 Å². The lowest BCUT2D eigenvalue weighted by atomic mass is 10.0. The second kappa shape index (κ2) is 8.31. The van der Waals surface area contributed by atoms with Gasteiger partial charge in [-0.1, -0.05) is 18.2 Å². The first kappa shape index (κ1) is 21.2. The Hall–Kier alpha value is -3.06. The van der Waals surface area contributed by atoms with Crippen LogP contribution in [0.1, 0.15) is 27.7 Å². The van der Waals surface area contributed by atoms with Crippen molar-refractivity contribution in [1.29, 1.82) is 0 Å². The van der Waals surface area contributed by atoms with Crippen LogP contribution in [0.4, 0.5) is 16.2 Å². The Morgan fingerprint density at radius 1 is 0.964 bits per heavy atom. The SMILES string of the molecule is CC(C)(C)OC(=O)NC(C)(CO)C(=O)N(c1ccccc1)c1ccc(O)cc1. The Labute approximate surface area is 164 Å². The number of aliphatic hydroxyl groups excluding tert-OH is 1. The fourth-order valence-electron chi connectivity index (χ4n) is 2.50. The number of phenolic OH excluding ortho intramolecular Hbond substituents is 1. The molecular weight excluding hydrogens is 360 g/mol. The number of benzene rings is 2. The van der Waals surface area contributed by atoms with Crippen molar-refractivity contribution in [2.75, 3.05) is 11.5 Å². The van der Waals surface area contributed by atoms with Crippen molar-refractivity contribution in [1.82, 2.24) is 5.32 Å². The van der Waals surface area contributed by atoms with Gasteiger partial charge in [0.2, 0.25) is 0 Å². The third-order valence-electron chi connectivity index (χ3n) is 3.89. The number of anilines is 2. The lowest BCUT2D eigenvalue weighted by Gasteiger charge is -2.34. The van der Waals surface area contributed by atoms with Crippen LogP contribution in [0, 0.1) is 0 Å². The van der Waals surface area contributed by atoms with E-state index in [0.29, 0.717) is 11.4 Å². The second-order valence-electron chi connectivity index (χ2n) is 7.61. The van der Waals surface area contributed by atoms with Gasteiger partial charge < -0.3 is 20.3 Å². The molecule has 0 aliphatic carbocycles. The number of rotatable bonds is 5. The zero-order valence-corrected chi connectivity index (χ0v) is 16.5. The largest absolute Gasteiger partial charge is 0.508 e. The quantitative estimate of drug-likeness (QED) is 0.732. The van der Waals surface area contributed by atoms with Gasteiger partial charge in [-0.25, -0.2) is 4.79 Å². The second-order valence-corrected chi connectivity index (χ2v) is 7.61. The predicted octanol–water partition coefficient (Wildman–Crippen LogP) is 3.33. The summed E-state index contributed by atoms with van der Waals surface area (Å²) in [6, 6.07) is 14.9. The van der Waals surface area contributed by atoms with Gasteiger partial charge in [-0.15, -0.1) is 0 Å². The fraction of sp³-hybridized carbons (Fsp3) is 0.333. The number of aliphatic hydroxyl groups is 1. The third kappa shape index (κ3) is 5.23. The molecule has 2 amide bonds. The number of alkyl carbamates (subject to hydrolysis) is 1. The van der Waals surface area contributed by atoms with Gasteiger partial charge in [-0.2, -0.15) is 0 Å². The number of para-hydroxylation sites is 1. The average molecular weight is 386 g/mol. The van der Waals surface area contributed by atoms with Gasteiger partial charge in [0.15, 0.2) is 0 Å². The minimum absolute atomic E-state index is 0.0565. The first-order chi connectivity index (χ1) is 13.1. The summed E-state index contributed by atoms with van der Waals surface area (Å²) in [6.07, 6.45) is -0.809. The Bertz CT molecular complexity index is 815. The van der Waals surface area contributed by atoms with Crippen LogP contribution in [0.2, 0.25) is 0 Å². The van der Waals surface area contributed by atoms with Crippen molar-refractivity contribution in [3.8, 4) is 5.75 Å².